The van der Waals surface area contributed by atoms with Gasteiger partial charge >= 0.3 is 0 Å². The minimum atomic E-state index is -2.68. The third kappa shape index (κ3) is 2.85. The van der Waals surface area contributed by atoms with E-state index in [1.54, 1.807) is 4.90 Å². The molecule has 0 radical (unpaired) electrons. The number of ether oxygens (including phenoxy) is 1. The van der Waals surface area contributed by atoms with Crippen molar-refractivity contribution in [3.8, 4) is 0 Å². The van der Waals surface area contributed by atoms with E-state index in [0.29, 0.717) is 19.7 Å². The molecule has 1 fully saturated rings. The largest absolute Gasteiger partial charge is 0.394 e. The molecule has 0 amide bonds. The predicted molar refractivity (Wildman–Crippen MR) is 61.0 cm³/mol. The van der Waals surface area contributed by atoms with Crippen LogP contribution in [0.2, 0.25) is 5.15 Å². The molecule has 0 aliphatic carbocycles. The van der Waals surface area contributed by atoms with Gasteiger partial charge in [0.1, 0.15) is 0 Å². The summed E-state index contributed by atoms with van der Waals surface area (Å²) in [4.78, 5) is 1.62. The lowest BCUT2D eigenvalue weighted by molar-refractivity contribution is 0.00309. The van der Waals surface area contributed by atoms with E-state index in [2.05, 4.69) is 10.2 Å². The lowest BCUT2D eigenvalue weighted by atomic mass is 10.2. The van der Waals surface area contributed by atoms with E-state index in [1.807, 2.05) is 0 Å². The van der Waals surface area contributed by atoms with Gasteiger partial charge in [-0.2, -0.15) is 0 Å². The van der Waals surface area contributed by atoms with Crippen molar-refractivity contribution < 1.29 is 18.6 Å². The molecule has 2 heterocycles. The highest BCUT2D eigenvalue weighted by atomic mass is 35.5. The van der Waals surface area contributed by atoms with Gasteiger partial charge in [0.25, 0.3) is 6.43 Å². The summed E-state index contributed by atoms with van der Waals surface area (Å²) in [5.41, 5.74) is -0.256. The van der Waals surface area contributed by atoms with E-state index >= 15 is 0 Å². The van der Waals surface area contributed by atoms with Crippen LogP contribution in [0.5, 0.6) is 0 Å². The number of anilines is 1. The molecule has 1 atom stereocenters. The molecule has 1 aliphatic rings. The molecular formula is C10H12ClF2N3O2. The van der Waals surface area contributed by atoms with Crippen molar-refractivity contribution in [3.05, 3.63) is 16.8 Å². The van der Waals surface area contributed by atoms with Crippen LogP contribution < -0.4 is 4.90 Å². The number of aromatic nitrogens is 2. The van der Waals surface area contributed by atoms with Crippen LogP contribution in [0.3, 0.4) is 0 Å². The van der Waals surface area contributed by atoms with E-state index in [1.165, 1.54) is 0 Å². The first kappa shape index (κ1) is 13.4. The molecule has 0 spiro atoms. The van der Waals surface area contributed by atoms with Crippen LogP contribution >= 0.6 is 11.6 Å². The van der Waals surface area contributed by atoms with Gasteiger partial charge in [-0.05, 0) is 6.07 Å². The molecule has 1 N–H and O–H groups in total. The van der Waals surface area contributed by atoms with Gasteiger partial charge in [-0.1, -0.05) is 11.6 Å². The van der Waals surface area contributed by atoms with Crippen LogP contribution in [0.15, 0.2) is 6.07 Å². The van der Waals surface area contributed by atoms with Crippen molar-refractivity contribution in [3.63, 3.8) is 0 Å². The molecular weight excluding hydrogens is 268 g/mol. The highest BCUT2D eigenvalue weighted by molar-refractivity contribution is 6.29. The third-order valence-electron chi connectivity index (χ3n) is 2.65. The SMILES string of the molecule is OC[C@@H]1CN(c2nnc(Cl)cc2C(F)F)CCO1. The molecule has 8 heteroatoms. The maximum Gasteiger partial charge on any atom is 0.267 e. The first-order valence-corrected chi connectivity index (χ1v) is 5.78. The zero-order valence-corrected chi connectivity index (χ0v) is 10.1. The molecule has 0 saturated carbocycles. The number of hydrogen-bond acceptors (Lipinski definition) is 5. The van der Waals surface area contributed by atoms with Crippen LogP contribution in [0, 0.1) is 0 Å². The maximum absolute atomic E-state index is 12.9. The summed E-state index contributed by atoms with van der Waals surface area (Å²) in [6, 6.07) is 1.11. The average molecular weight is 280 g/mol. The minimum absolute atomic E-state index is 0.0685. The van der Waals surface area contributed by atoms with Gasteiger partial charge in [0, 0.05) is 13.1 Å². The summed E-state index contributed by atoms with van der Waals surface area (Å²) in [6.45, 7) is 0.902. The first-order valence-electron chi connectivity index (χ1n) is 5.40. The normalized spacial score (nSPS) is 20.5. The Labute approximate surface area is 107 Å². The van der Waals surface area contributed by atoms with Gasteiger partial charge in [0.2, 0.25) is 0 Å². The summed E-state index contributed by atoms with van der Waals surface area (Å²) in [5, 5.41) is 16.3. The summed E-state index contributed by atoms with van der Waals surface area (Å²) in [5.74, 6) is 0.0937. The quantitative estimate of drug-likeness (QED) is 0.903. The predicted octanol–water partition coefficient (Wildman–Crippen LogP) is 1.27. The second kappa shape index (κ2) is 5.73. The van der Waals surface area contributed by atoms with E-state index in [-0.39, 0.29) is 23.1 Å². The van der Waals surface area contributed by atoms with Gasteiger partial charge in [-0.3, -0.25) is 0 Å². The van der Waals surface area contributed by atoms with E-state index in [9.17, 15) is 8.78 Å². The number of hydrogen-bond donors (Lipinski definition) is 1. The Bertz CT molecular complexity index is 422. The fraction of sp³-hybridized carbons (Fsp3) is 0.600. The van der Waals surface area contributed by atoms with Gasteiger partial charge in [0.05, 0.1) is 24.9 Å². The molecule has 0 bridgehead atoms. The van der Waals surface area contributed by atoms with Gasteiger partial charge in [-0.25, -0.2) is 8.78 Å². The highest BCUT2D eigenvalue weighted by Crippen LogP contribution is 2.30. The second-order valence-corrected chi connectivity index (χ2v) is 4.26. The van der Waals surface area contributed by atoms with Crippen LogP contribution in [0.4, 0.5) is 14.6 Å². The Balaban J connectivity index is 2.26. The molecule has 1 aromatic heterocycles. The number of halogens is 3. The van der Waals surface area contributed by atoms with Crippen molar-refractivity contribution in [2.24, 2.45) is 0 Å². The van der Waals surface area contributed by atoms with Crippen molar-refractivity contribution in [1.29, 1.82) is 0 Å². The zero-order chi connectivity index (χ0) is 13.1. The van der Waals surface area contributed by atoms with Crippen LogP contribution in [0.25, 0.3) is 0 Å². The summed E-state index contributed by atoms with van der Waals surface area (Å²) in [6.07, 6.45) is -3.08. The Hall–Kier alpha value is -1.05. The van der Waals surface area contributed by atoms with Gasteiger partial charge in [0.15, 0.2) is 11.0 Å². The smallest absolute Gasteiger partial charge is 0.267 e. The lowest BCUT2D eigenvalue weighted by Gasteiger charge is -2.33. The Kier molecular flexibility index (Phi) is 4.26. The molecule has 0 unspecified atom stereocenters. The number of alkyl halides is 2. The molecule has 5 nitrogen and oxygen atoms in total. The minimum Gasteiger partial charge on any atom is -0.394 e. The zero-order valence-electron chi connectivity index (χ0n) is 9.39. The Morgan fingerprint density at radius 1 is 1.56 bits per heavy atom. The molecule has 100 valence electrons. The Morgan fingerprint density at radius 2 is 2.33 bits per heavy atom. The topological polar surface area (TPSA) is 58.5 Å². The Morgan fingerprint density at radius 3 is 3.00 bits per heavy atom. The van der Waals surface area contributed by atoms with Gasteiger partial charge < -0.3 is 14.7 Å². The van der Waals surface area contributed by atoms with Crippen molar-refractivity contribution in [2.75, 3.05) is 31.2 Å². The van der Waals surface area contributed by atoms with Crippen molar-refractivity contribution >= 4 is 17.4 Å². The maximum atomic E-state index is 12.9. The number of aliphatic hydroxyl groups excluding tert-OH is 1. The lowest BCUT2D eigenvalue weighted by Crippen LogP contribution is -2.45. The molecule has 2 rings (SSSR count). The van der Waals surface area contributed by atoms with Crippen molar-refractivity contribution in [1.82, 2.24) is 10.2 Å². The summed E-state index contributed by atoms with van der Waals surface area (Å²) < 4.78 is 31.1. The monoisotopic (exact) mass is 279 g/mol. The number of nitrogens with zero attached hydrogens (tertiary/aromatic N) is 3. The van der Waals surface area contributed by atoms with Crippen molar-refractivity contribution in [2.45, 2.75) is 12.5 Å². The second-order valence-electron chi connectivity index (χ2n) is 3.87. The average Bonchev–Trinajstić information content (AvgIpc) is 2.38. The number of rotatable bonds is 3. The summed E-state index contributed by atoms with van der Waals surface area (Å²) >= 11 is 5.57. The molecule has 0 aromatic carbocycles. The number of morpholine rings is 1. The molecule has 1 aliphatic heterocycles. The standard InChI is InChI=1S/C10H12ClF2N3O2/c11-8-3-7(9(12)13)10(15-14-8)16-1-2-18-6(4-16)5-17/h3,6,9,17H,1-2,4-5H2/t6-/m0/s1. The van der Waals surface area contributed by atoms with Gasteiger partial charge in [-0.15, -0.1) is 10.2 Å². The van der Waals surface area contributed by atoms with Crippen LogP contribution in [-0.2, 0) is 4.74 Å². The third-order valence-corrected chi connectivity index (χ3v) is 2.83. The van der Waals surface area contributed by atoms with E-state index in [0.717, 1.165) is 6.07 Å². The van der Waals surface area contributed by atoms with Crippen LogP contribution in [-0.4, -0.2) is 47.7 Å². The highest BCUT2D eigenvalue weighted by Gasteiger charge is 2.26. The first-order chi connectivity index (χ1) is 8.61. The van der Waals surface area contributed by atoms with E-state index in [4.69, 9.17) is 21.4 Å². The molecule has 18 heavy (non-hydrogen) atoms. The molecule has 1 saturated heterocycles. The molecule has 1 aromatic rings. The fourth-order valence-electron chi connectivity index (χ4n) is 1.80. The summed E-state index contributed by atoms with van der Waals surface area (Å²) in [7, 11) is 0. The number of aliphatic hydroxyl groups is 1. The van der Waals surface area contributed by atoms with Crippen LogP contribution in [0.1, 0.15) is 12.0 Å². The fourth-order valence-corrected chi connectivity index (χ4v) is 1.96. The van der Waals surface area contributed by atoms with E-state index < -0.39 is 12.5 Å².